The molecule has 1 aliphatic heterocycles. The molecule has 1 amide bonds. The quantitative estimate of drug-likeness (QED) is 0.880. The van der Waals surface area contributed by atoms with Crippen LogP contribution in [0.1, 0.15) is 24.4 Å². The summed E-state index contributed by atoms with van der Waals surface area (Å²) >= 11 is 0. The SMILES string of the molecule is Cc1cc(N2CCC(N(C)C(=O)O)CC2)nc(C)n1. The van der Waals surface area contributed by atoms with E-state index in [4.69, 9.17) is 5.11 Å². The Morgan fingerprint density at radius 2 is 2.00 bits per heavy atom. The second-order valence-corrected chi connectivity index (χ2v) is 5.03. The maximum atomic E-state index is 10.9. The molecule has 19 heavy (non-hydrogen) atoms. The van der Waals surface area contributed by atoms with Crippen LogP contribution in [0.5, 0.6) is 0 Å². The van der Waals surface area contributed by atoms with Crippen LogP contribution in [0.2, 0.25) is 0 Å². The van der Waals surface area contributed by atoms with Crippen molar-refractivity contribution in [2.45, 2.75) is 32.7 Å². The zero-order chi connectivity index (χ0) is 14.0. The number of aryl methyl sites for hydroxylation is 2. The first-order valence-electron chi connectivity index (χ1n) is 6.50. The predicted molar refractivity (Wildman–Crippen MR) is 72.5 cm³/mol. The molecular weight excluding hydrogens is 244 g/mol. The molecule has 0 atom stereocenters. The number of hydrogen-bond donors (Lipinski definition) is 1. The van der Waals surface area contributed by atoms with Crippen LogP contribution in [0.3, 0.4) is 0 Å². The van der Waals surface area contributed by atoms with Gasteiger partial charge in [0.25, 0.3) is 0 Å². The van der Waals surface area contributed by atoms with E-state index in [1.54, 1.807) is 7.05 Å². The van der Waals surface area contributed by atoms with Crippen LogP contribution in [0.4, 0.5) is 10.6 Å². The van der Waals surface area contributed by atoms with Gasteiger partial charge in [-0.25, -0.2) is 14.8 Å². The Kier molecular flexibility index (Phi) is 3.87. The van der Waals surface area contributed by atoms with Crippen molar-refractivity contribution in [1.29, 1.82) is 0 Å². The van der Waals surface area contributed by atoms with Gasteiger partial charge in [-0.05, 0) is 26.7 Å². The van der Waals surface area contributed by atoms with Gasteiger partial charge in [-0.1, -0.05) is 0 Å². The second-order valence-electron chi connectivity index (χ2n) is 5.03. The third kappa shape index (κ3) is 3.13. The van der Waals surface area contributed by atoms with Gasteiger partial charge in [-0.15, -0.1) is 0 Å². The maximum Gasteiger partial charge on any atom is 0.407 e. The molecule has 0 spiro atoms. The van der Waals surface area contributed by atoms with E-state index >= 15 is 0 Å². The van der Waals surface area contributed by atoms with Crippen molar-refractivity contribution in [3.05, 3.63) is 17.6 Å². The summed E-state index contributed by atoms with van der Waals surface area (Å²) in [5.41, 5.74) is 0.965. The first-order chi connectivity index (χ1) is 8.97. The molecular formula is C13H20N4O2. The molecule has 1 aliphatic rings. The van der Waals surface area contributed by atoms with Gasteiger partial charge in [0.2, 0.25) is 0 Å². The van der Waals surface area contributed by atoms with E-state index in [1.165, 1.54) is 4.90 Å². The number of hydrogen-bond acceptors (Lipinski definition) is 4. The van der Waals surface area contributed by atoms with Crippen molar-refractivity contribution in [3.63, 3.8) is 0 Å². The number of piperidine rings is 1. The van der Waals surface area contributed by atoms with Gasteiger partial charge in [0.05, 0.1) is 0 Å². The summed E-state index contributed by atoms with van der Waals surface area (Å²) in [4.78, 5) is 23.3. The number of rotatable bonds is 2. The fraction of sp³-hybridized carbons (Fsp3) is 0.615. The van der Waals surface area contributed by atoms with E-state index in [2.05, 4.69) is 14.9 Å². The average Bonchev–Trinajstić information content (AvgIpc) is 2.37. The smallest absolute Gasteiger partial charge is 0.407 e. The summed E-state index contributed by atoms with van der Waals surface area (Å²) in [7, 11) is 1.64. The van der Waals surface area contributed by atoms with Crippen LogP contribution in [0, 0.1) is 13.8 Å². The Bertz CT molecular complexity index is 449. The number of amides is 1. The standard InChI is InChI=1S/C13H20N4O2/c1-9-8-12(15-10(2)14-9)17-6-4-11(5-7-17)16(3)13(18)19/h8,11H,4-7H2,1-3H3,(H,18,19). The van der Waals surface area contributed by atoms with Crippen LogP contribution in [0.25, 0.3) is 0 Å². The van der Waals surface area contributed by atoms with Gasteiger partial charge >= 0.3 is 6.09 Å². The van der Waals surface area contributed by atoms with Crippen molar-refractivity contribution >= 4 is 11.9 Å². The largest absolute Gasteiger partial charge is 0.465 e. The Labute approximate surface area is 113 Å². The lowest BCUT2D eigenvalue weighted by Crippen LogP contribution is -2.45. The lowest BCUT2D eigenvalue weighted by atomic mass is 10.0. The molecule has 0 aliphatic carbocycles. The Hall–Kier alpha value is -1.85. The summed E-state index contributed by atoms with van der Waals surface area (Å²) in [5, 5.41) is 8.98. The van der Waals surface area contributed by atoms with Crippen LogP contribution in [-0.2, 0) is 0 Å². The van der Waals surface area contributed by atoms with Gasteiger partial charge in [-0.3, -0.25) is 0 Å². The van der Waals surface area contributed by atoms with Crippen molar-refractivity contribution in [1.82, 2.24) is 14.9 Å². The fourth-order valence-electron chi connectivity index (χ4n) is 2.50. The molecule has 6 heteroatoms. The zero-order valence-electron chi connectivity index (χ0n) is 11.6. The molecule has 1 aromatic heterocycles. The highest BCUT2D eigenvalue weighted by molar-refractivity contribution is 5.65. The summed E-state index contributed by atoms with van der Waals surface area (Å²) in [6.45, 7) is 5.51. The molecule has 6 nitrogen and oxygen atoms in total. The molecule has 1 aromatic rings. The van der Waals surface area contributed by atoms with Crippen molar-refractivity contribution in [2.24, 2.45) is 0 Å². The number of nitrogens with zero attached hydrogens (tertiary/aromatic N) is 4. The highest BCUT2D eigenvalue weighted by Gasteiger charge is 2.25. The van der Waals surface area contributed by atoms with Gasteiger partial charge in [0.1, 0.15) is 11.6 Å². The molecule has 1 saturated heterocycles. The topological polar surface area (TPSA) is 69.6 Å². The molecule has 1 fully saturated rings. The second kappa shape index (κ2) is 5.42. The van der Waals surface area contributed by atoms with Crippen LogP contribution in [0.15, 0.2) is 6.07 Å². The lowest BCUT2D eigenvalue weighted by molar-refractivity contribution is 0.131. The minimum absolute atomic E-state index is 0.109. The third-order valence-corrected chi connectivity index (χ3v) is 3.59. The predicted octanol–water partition coefficient (Wildman–Crippen LogP) is 1.67. The molecule has 104 valence electrons. The van der Waals surface area contributed by atoms with E-state index in [9.17, 15) is 4.79 Å². The van der Waals surface area contributed by atoms with E-state index in [-0.39, 0.29) is 6.04 Å². The monoisotopic (exact) mass is 264 g/mol. The average molecular weight is 264 g/mol. The zero-order valence-corrected chi connectivity index (χ0v) is 11.6. The minimum atomic E-state index is -0.854. The van der Waals surface area contributed by atoms with E-state index < -0.39 is 6.09 Å². The number of anilines is 1. The fourth-order valence-corrected chi connectivity index (χ4v) is 2.50. The van der Waals surface area contributed by atoms with E-state index in [1.807, 2.05) is 19.9 Å². The Balaban J connectivity index is 2.01. The van der Waals surface area contributed by atoms with Crippen molar-refractivity contribution < 1.29 is 9.90 Å². The van der Waals surface area contributed by atoms with E-state index in [0.29, 0.717) is 0 Å². The van der Waals surface area contributed by atoms with Crippen LogP contribution < -0.4 is 4.90 Å². The summed E-state index contributed by atoms with van der Waals surface area (Å²) < 4.78 is 0. The molecule has 2 heterocycles. The number of carboxylic acid groups (broad SMARTS) is 1. The first-order valence-corrected chi connectivity index (χ1v) is 6.50. The minimum Gasteiger partial charge on any atom is -0.465 e. The van der Waals surface area contributed by atoms with Gasteiger partial charge in [-0.2, -0.15) is 0 Å². The van der Waals surface area contributed by atoms with Gasteiger partial charge in [0.15, 0.2) is 0 Å². The van der Waals surface area contributed by atoms with E-state index in [0.717, 1.165) is 43.3 Å². The molecule has 0 aromatic carbocycles. The van der Waals surface area contributed by atoms with Gasteiger partial charge in [0, 0.05) is 37.9 Å². The lowest BCUT2D eigenvalue weighted by Gasteiger charge is -2.36. The maximum absolute atomic E-state index is 10.9. The number of aromatic nitrogens is 2. The first kappa shape index (κ1) is 13.6. The number of carbonyl (C=O) groups is 1. The Morgan fingerprint density at radius 1 is 1.37 bits per heavy atom. The molecule has 2 rings (SSSR count). The van der Waals surface area contributed by atoms with Gasteiger partial charge < -0.3 is 14.9 Å². The van der Waals surface area contributed by atoms with Crippen LogP contribution >= 0.6 is 0 Å². The highest BCUT2D eigenvalue weighted by Crippen LogP contribution is 2.21. The third-order valence-electron chi connectivity index (χ3n) is 3.59. The van der Waals surface area contributed by atoms with Crippen LogP contribution in [-0.4, -0.2) is 52.2 Å². The molecule has 0 unspecified atom stereocenters. The normalized spacial score (nSPS) is 16.5. The summed E-state index contributed by atoms with van der Waals surface area (Å²) in [6.07, 6.45) is 0.822. The summed E-state index contributed by atoms with van der Waals surface area (Å²) in [6, 6.07) is 2.09. The molecule has 0 bridgehead atoms. The molecule has 0 saturated carbocycles. The highest BCUT2D eigenvalue weighted by atomic mass is 16.4. The van der Waals surface area contributed by atoms with Crippen molar-refractivity contribution in [3.8, 4) is 0 Å². The summed E-state index contributed by atoms with van der Waals surface area (Å²) in [5.74, 6) is 1.72. The van der Waals surface area contributed by atoms with Crippen molar-refractivity contribution in [2.75, 3.05) is 25.0 Å². The Morgan fingerprint density at radius 3 is 2.53 bits per heavy atom. The molecule has 0 radical (unpaired) electrons. The molecule has 1 N–H and O–H groups in total.